The molecule has 2 aromatic rings. The van der Waals surface area contributed by atoms with Crippen LogP contribution in [0.1, 0.15) is 55.8 Å². The number of Topliss-reactive ketones (excluding diaryl/α,β-unsaturated/α-hetero) is 1. The van der Waals surface area contributed by atoms with Crippen molar-refractivity contribution >= 4 is 16.9 Å². The van der Waals surface area contributed by atoms with Crippen molar-refractivity contribution in [3.05, 3.63) is 34.3 Å². The van der Waals surface area contributed by atoms with E-state index in [-0.39, 0.29) is 11.5 Å². The molecular weight excluding hydrogens is 266 g/mol. The Morgan fingerprint density at radius 3 is 2.76 bits per heavy atom. The lowest BCUT2D eigenvalue weighted by Gasteiger charge is -2.20. The van der Waals surface area contributed by atoms with Gasteiger partial charge in [0.25, 0.3) is 0 Å². The van der Waals surface area contributed by atoms with Gasteiger partial charge in [0.2, 0.25) is 0 Å². The van der Waals surface area contributed by atoms with E-state index in [1.165, 1.54) is 19.3 Å². The number of ketones is 1. The summed E-state index contributed by atoms with van der Waals surface area (Å²) >= 11 is 0. The molecule has 4 nitrogen and oxygen atoms in total. The van der Waals surface area contributed by atoms with Crippen LogP contribution in [0.15, 0.2) is 27.4 Å². The number of benzene rings is 1. The summed E-state index contributed by atoms with van der Waals surface area (Å²) in [7, 11) is 0. The Hall–Kier alpha value is -1.84. The van der Waals surface area contributed by atoms with Crippen molar-refractivity contribution in [2.75, 3.05) is 0 Å². The molecule has 1 aliphatic carbocycles. The molecule has 1 saturated carbocycles. The van der Waals surface area contributed by atoms with Crippen LogP contribution in [0, 0.1) is 5.92 Å². The molecule has 21 heavy (non-hydrogen) atoms. The minimum atomic E-state index is -0.357. The van der Waals surface area contributed by atoms with E-state index in [2.05, 4.69) is 0 Å². The molecule has 1 aromatic heterocycles. The number of hydrogen-bond acceptors (Lipinski definition) is 3. The molecular formula is C17H21NO3. The number of aryl methyl sites for hydroxylation is 1. The quantitative estimate of drug-likeness (QED) is 0.804. The highest BCUT2D eigenvalue weighted by Gasteiger charge is 2.19. The Labute approximate surface area is 123 Å². The Balaban J connectivity index is 1.83. The van der Waals surface area contributed by atoms with Crippen molar-refractivity contribution in [3.63, 3.8) is 0 Å². The number of nitrogens with zero attached hydrogens (tertiary/aromatic N) is 1. The number of oxazole rings is 1. The molecule has 0 unspecified atom stereocenters. The summed E-state index contributed by atoms with van der Waals surface area (Å²) in [6.45, 7) is 2.47. The number of carbonyl (C=O) groups excluding carboxylic acids is 1. The van der Waals surface area contributed by atoms with Crippen molar-refractivity contribution in [1.29, 1.82) is 0 Å². The topological polar surface area (TPSA) is 52.2 Å². The lowest BCUT2D eigenvalue weighted by atomic mass is 9.85. The minimum absolute atomic E-state index is 0.163. The number of fused-ring (bicyclic) bond motifs is 1. The maximum Gasteiger partial charge on any atom is 0.419 e. The van der Waals surface area contributed by atoms with Gasteiger partial charge in [-0.2, -0.15) is 0 Å². The zero-order chi connectivity index (χ0) is 14.8. The van der Waals surface area contributed by atoms with Crippen LogP contribution >= 0.6 is 0 Å². The molecule has 0 amide bonds. The third-order valence-corrected chi connectivity index (χ3v) is 4.51. The van der Waals surface area contributed by atoms with Crippen LogP contribution in [0.3, 0.4) is 0 Å². The first-order valence-electron chi connectivity index (χ1n) is 7.85. The third-order valence-electron chi connectivity index (χ3n) is 4.51. The van der Waals surface area contributed by atoms with Gasteiger partial charge in [0, 0.05) is 18.5 Å². The van der Waals surface area contributed by atoms with Gasteiger partial charge in [-0.3, -0.25) is 9.36 Å². The second-order valence-electron chi connectivity index (χ2n) is 5.93. The summed E-state index contributed by atoms with van der Waals surface area (Å²) in [6.07, 6.45) is 6.72. The SMILES string of the molecule is CCn1c(=O)oc2cc(C(=O)CC3CCCCC3)ccc21. The number of rotatable bonds is 4. The Morgan fingerprint density at radius 1 is 1.29 bits per heavy atom. The first kappa shape index (κ1) is 14.1. The zero-order valence-electron chi connectivity index (χ0n) is 12.4. The minimum Gasteiger partial charge on any atom is -0.408 e. The van der Waals surface area contributed by atoms with Gasteiger partial charge in [0.15, 0.2) is 11.4 Å². The molecule has 0 N–H and O–H groups in total. The van der Waals surface area contributed by atoms with Crippen LogP contribution in [0.5, 0.6) is 0 Å². The first-order valence-corrected chi connectivity index (χ1v) is 7.85. The van der Waals surface area contributed by atoms with Gasteiger partial charge in [-0.15, -0.1) is 0 Å². The van der Waals surface area contributed by atoms with E-state index in [1.54, 1.807) is 10.6 Å². The normalized spacial score (nSPS) is 16.4. The fraction of sp³-hybridized carbons (Fsp3) is 0.529. The highest BCUT2D eigenvalue weighted by Crippen LogP contribution is 2.28. The summed E-state index contributed by atoms with van der Waals surface area (Å²) in [5.74, 6) is 0.328. The molecule has 4 heteroatoms. The van der Waals surface area contributed by atoms with E-state index in [9.17, 15) is 9.59 Å². The summed E-state index contributed by atoms with van der Waals surface area (Å²) in [5, 5.41) is 0. The van der Waals surface area contributed by atoms with E-state index in [0.717, 1.165) is 18.4 Å². The molecule has 0 bridgehead atoms. The second kappa shape index (κ2) is 5.88. The van der Waals surface area contributed by atoms with Gasteiger partial charge in [0.1, 0.15) is 0 Å². The molecule has 0 saturated heterocycles. The average Bonchev–Trinajstić information content (AvgIpc) is 2.82. The zero-order valence-corrected chi connectivity index (χ0v) is 12.4. The second-order valence-corrected chi connectivity index (χ2v) is 5.93. The lowest BCUT2D eigenvalue weighted by molar-refractivity contribution is 0.0950. The van der Waals surface area contributed by atoms with Crippen LogP contribution in [-0.4, -0.2) is 10.4 Å². The Kier molecular flexibility index (Phi) is 3.95. The van der Waals surface area contributed by atoms with Gasteiger partial charge >= 0.3 is 5.76 Å². The fourth-order valence-corrected chi connectivity index (χ4v) is 3.31. The average molecular weight is 287 g/mol. The lowest BCUT2D eigenvalue weighted by Crippen LogP contribution is -2.12. The maximum absolute atomic E-state index is 12.4. The van der Waals surface area contributed by atoms with Crippen LogP contribution in [0.4, 0.5) is 0 Å². The molecule has 1 aromatic carbocycles. The molecule has 0 spiro atoms. The number of carbonyl (C=O) groups is 1. The standard InChI is InChI=1S/C17H21NO3/c1-2-18-14-9-8-13(11-16(14)21-17(18)20)15(19)10-12-6-4-3-5-7-12/h8-9,11-12H,2-7,10H2,1H3. The molecule has 1 heterocycles. The molecule has 1 aliphatic rings. The van der Waals surface area contributed by atoms with Crippen molar-refractivity contribution in [3.8, 4) is 0 Å². The van der Waals surface area contributed by atoms with E-state index in [1.807, 2.05) is 19.1 Å². The van der Waals surface area contributed by atoms with Crippen LogP contribution < -0.4 is 5.76 Å². The molecule has 1 fully saturated rings. The maximum atomic E-state index is 12.4. The van der Waals surface area contributed by atoms with Crippen molar-refractivity contribution in [2.45, 2.75) is 52.0 Å². The van der Waals surface area contributed by atoms with E-state index >= 15 is 0 Å². The van der Waals surface area contributed by atoms with E-state index in [4.69, 9.17) is 4.42 Å². The third kappa shape index (κ3) is 2.80. The molecule has 3 rings (SSSR count). The van der Waals surface area contributed by atoms with Crippen molar-refractivity contribution in [2.24, 2.45) is 5.92 Å². The highest BCUT2D eigenvalue weighted by atomic mass is 16.4. The van der Waals surface area contributed by atoms with Gasteiger partial charge in [-0.05, 0) is 31.0 Å². The molecule has 0 radical (unpaired) electrons. The van der Waals surface area contributed by atoms with Gasteiger partial charge in [0.05, 0.1) is 5.52 Å². The molecule has 0 atom stereocenters. The first-order chi connectivity index (χ1) is 10.2. The summed E-state index contributed by atoms with van der Waals surface area (Å²) < 4.78 is 6.80. The highest BCUT2D eigenvalue weighted by molar-refractivity contribution is 5.98. The summed E-state index contributed by atoms with van der Waals surface area (Å²) in [5.41, 5.74) is 1.93. The van der Waals surface area contributed by atoms with Gasteiger partial charge in [-0.1, -0.05) is 32.1 Å². The smallest absolute Gasteiger partial charge is 0.408 e. The fourth-order valence-electron chi connectivity index (χ4n) is 3.31. The number of hydrogen-bond donors (Lipinski definition) is 0. The summed E-state index contributed by atoms with van der Waals surface area (Å²) in [4.78, 5) is 24.1. The van der Waals surface area contributed by atoms with Crippen LogP contribution in [0.2, 0.25) is 0 Å². The van der Waals surface area contributed by atoms with Crippen LogP contribution in [-0.2, 0) is 6.54 Å². The summed E-state index contributed by atoms with van der Waals surface area (Å²) in [6, 6.07) is 5.35. The Bertz CT molecular complexity index is 704. The number of aromatic nitrogens is 1. The van der Waals surface area contributed by atoms with Gasteiger partial charge in [-0.25, -0.2) is 4.79 Å². The van der Waals surface area contributed by atoms with E-state index < -0.39 is 0 Å². The molecule has 112 valence electrons. The van der Waals surface area contributed by atoms with Crippen LogP contribution in [0.25, 0.3) is 11.1 Å². The predicted molar refractivity (Wildman–Crippen MR) is 81.7 cm³/mol. The molecule has 0 aliphatic heterocycles. The predicted octanol–water partition coefficient (Wildman–Crippen LogP) is 3.77. The largest absolute Gasteiger partial charge is 0.419 e. The van der Waals surface area contributed by atoms with E-state index in [0.29, 0.717) is 30.0 Å². The van der Waals surface area contributed by atoms with Crippen molar-refractivity contribution < 1.29 is 9.21 Å². The Morgan fingerprint density at radius 2 is 2.05 bits per heavy atom. The van der Waals surface area contributed by atoms with Gasteiger partial charge < -0.3 is 4.42 Å². The van der Waals surface area contributed by atoms with Crippen molar-refractivity contribution in [1.82, 2.24) is 4.57 Å². The monoisotopic (exact) mass is 287 g/mol.